The lowest BCUT2D eigenvalue weighted by Gasteiger charge is -2.12. The number of aliphatic imine (C=N–C) groups is 1. The molecule has 156 valence electrons. The molecule has 0 aliphatic heterocycles. The lowest BCUT2D eigenvalue weighted by Crippen LogP contribution is -2.36. The zero-order valence-electron chi connectivity index (χ0n) is 15.5. The van der Waals surface area contributed by atoms with Gasteiger partial charge in [0, 0.05) is 24.3 Å². The molecule has 0 atom stereocenters. The van der Waals surface area contributed by atoms with Gasteiger partial charge in [-0.2, -0.15) is 13.2 Å². The van der Waals surface area contributed by atoms with E-state index < -0.39 is 11.9 Å². The van der Waals surface area contributed by atoms with Gasteiger partial charge in [0.15, 0.2) is 11.7 Å². The number of nitrogens with one attached hydrogen (secondary N) is 2. The van der Waals surface area contributed by atoms with Gasteiger partial charge in [-0.3, -0.25) is 0 Å². The molecule has 1 aromatic carbocycles. The molecule has 0 saturated heterocycles. The molecule has 0 unspecified atom stereocenters. The summed E-state index contributed by atoms with van der Waals surface area (Å²) in [6.07, 6.45) is 0.846. The minimum atomic E-state index is -4.43. The van der Waals surface area contributed by atoms with Crippen molar-refractivity contribution in [2.24, 2.45) is 4.99 Å². The molecule has 0 radical (unpaired) electrons. The largest absolute Gasteiger partial charge is 0.434 e. The van der Waals surface area contributed by atoms with Crippen molar-refractivity contribution in [3.8, 4) is 5.69 Å². The molecule has 0 aliphatic rings. The number of alkyl halides is 3. The second kappa shape index (κ2) is 10.6. The van der Waals surface area contributed by atoms with Crippen molar-refractivity contribution in [2.45, 2.75) is 26.2 Å². The van der Waals surface area contributed by atoms with Crippen LogP contribution in [-0.2, 0) is 19.3 Å². The molecule has 0 spiro atoms. The van der Waals surface area contributed by atoms with Crippen molar-refractivity contribution < 1.29 is 13.2 Å². The van der Waals surface area contributed by atoms with E-state index in [0.29, 0.717) is 24.1 Å². The number of aromatic nitrogens is 3. The van der Waals surface area contributed by atoms with Crippen LogP contribution < -0.4 is 10.6 Å². The van der Waals surface area contributed by atoms with Crippen LogP contribution in [0.15, 0.2) is 53.4 Å². The quantitative estimate of drug-likeness (QED) is 0.282. The van der Waals surface area contributed by atoms with Crippen molar-refractivity contribution in [3.63, 3.8) is 0 Å². The highest BCUT2D eigenvalue weighted by Crippen LogP contribution is 2.29. The molecule has 0 amide bonds. The van der Waals surface area contributed by atoms with E-state index in [-0.39, 0.29) is 30.5 Å². The highest BCUT2D eigenvalue weighted by Gasteiger charge is 2.33. The fraction of sp³-hybridized carbons (Fsp3) is 0.278. The number of para-hydroxylation sites is 1. The van der Waals surface area contributed by atoms with E-state index in [4.69, 9.17) is 0 Å². The van der Waals surface area contributed by atoms with Gasteiger partial charge in [0.05, 0.1) is 25.1 Å². The molecule has 3 aromatic rings. The highest BCUT2D eigenvalue weighted by atomic mass is 127. The smallest absolute Gasteiger partial charge is 0.357 e. The van der Waals surface area contributed by atoms with Gasteiger partial charge in [0.2, 0.25) is 0 Å². The predicted octanol–water partition coefficient (Wildman–Crippen LogP) is 4.22. The van der Waals surface area contributed by atoms with Gasteiger partial charge in [-0.15, -0.1) is 35.3 Å². The van der Waals surface area contributed by atoms with Gasteiger partial charge < -0.3 is 15.2 Å². The number of guanidine groups is 1. The monoisotopic (exact) mass is 536 g/mol. The summed E-state index contributed by atoms with van der Waals surface area (Å²) in [6, 6.07) is 7.81. The normalized spacial score (nSPS) is 11.8. The molecule has 0 bridgehead atoms. The summed E-state index contributed by atoms with van der Waals surface area (Å²) in [5.41, 5.74) is 1.09. The van der Waals surface area contributed by atoms with Crippen LogP contribution in [-0.4, -0.2) is 27.0 Å². The zero-order chi connectivity index (χ0) is 20.0. The SMILES string of the molecule is CCNC(=NCc1ccccc1-n1ccnc1)NCc1nc(C(F)(F)F)cs1.I. The van der Waals surface area contributed by atoms with Crippen LogP contribution in [0.25, 0.3) is 5.69 Å². The minimum absolute atomic E-state index is 0. The van der Waals surface area contributed by atoms with Crippen molar-refractivity contribution in [2.75, 3.05) is 6.54 Å². The first-order chi connectivity index (χ1) is 13.5. The third-order valence-electron chi connectivity index (χ3n) is 3.78. The van der Waals surface area contributed by atoms with E-state index in [9.17, 15) is 13.2 Å². The Labute approximate surface area is 187 Å². The van der Waals surface area contributed by atoms with Crippen LogP contribution in [0, 0.1) is 0 Å². The first kappa shape index (κ1) is 23.1. The highest BCUT2D eigenvalue weighted by molar-refractivity contribution is 14.0. The van der Waals surface area contributed by atoms with Crippen LogP contribution in [0.4, 0.5) is 13.2 Å². The van der Waals surface area contributed by atoms with Gasteiger partial charge in [-0.1, -0.05) is 18.2 Å². The van der Waals surface area contributed by atoms with Crippen LogP contribution in [0.5, 0.6) is 0 Å². The van der Waals surface area contributed by atoms with Gasteiger partial charge in [-0.25, -0.2) is 15.0 Å². The molecule has 6 nitrogen and oxygen atoms in total. The van der Waals surface area contributed by atoms with E-state index in [1.54, 1.807) is 12.5 Å². The molecule has 0 fully saturated rings. The average Bonchev–Trinajstić information content (AvgIpc) is 3.35. The van der Waals surface area contributed by atoms with Gasteiger partial charge in [-0.05, 0) is 18.6 Å². The summed E-state index contributed by atoms with van der Waals surface area (Å²) in [4.78, 5) is 12.2. The number of hydrogen-bond acceptors (Lipinski definition) is 4. The fourth-order valence-electron chi connectivity index (χ4n) is 2.49. The van der Waals surface area contributed by atoms with E-state index >= 15 is 0 Å². The number of nitrogens with zero attached hydrogens (tertiary/aromatic N) is 4. The Kier molecular flexibility index (Phi) is 8.44. The minimum Gasteiger partial charge on any atom is -0.357 e. The summed E-state index contributed by atoms with van der Waals surface area (Å²) < 4.78 is 39.9. The zero-order valence-corrected chi connectivity index (χ0v) is 18.6. The summed E-state index contributed by atoms with van der Waals surface area (Å²) in [6.45, 7) is 3.10. The second-order valence-corrected chi connectivity index (χ2v) is 6.71. The van der Waals surface area contributed by atoms with Crippen LogP contribution in [0.3, 0.4) is 0 Å². The molecular weight excluding hydrogens is 516 g/mol. The molecule has 0 aliphatic carbocycles. The predicted molar refractivity (Wildman–Crippen MR) is 118 cm³/mol. The average molecular weight is 536 g/mol. The maximum Gasteiger partial charge on any atom is 0.434 e. The molecule has 29 heavy (non-hydrogen) atoms. The third kappa shape index (κ3) is 6.42. The number of imidazole rings is 1. The maximum absolute atomic E-state index is 12.7. The van der Waals surface area contributed by atoms with Crippen LogP contribution >= 0.6 is 35.3 Å². The standard InChI is InChI=1S/C18H19F3N6S.HI/c1-2-23-17(25-10-16-26-15(11-28-16)18(19,20)21)24-9-13-5-3-4-6-14(13)27-8-7-22-12-27;/h3-8,11-12H,2,9-10H2,1H3,(H2,23,24,25);1H. The van der Waals surface area contributed by atoms with Gasteiger partial charge in [0.1, 0.15) is 5.01 Å². The van der Waals surface area contributed by atoms with Crippen molar-refractivity contribution in [1.82, 2.24) is 25.2 Å². The lowest BCUT2D eigenvalue weighted by molar-refractivity contribution is -0.140. The number of thiazole rings is 1. The van der Waals surface area contributed by atoms with Gasteiger partial charge in [0.25, 0.3) is 0 Å². The third-order valence-corrected chi connectivity index (χ3v) is 4.62. The Hall–Kier alpha value is -2.15. The first-order valence-corrected chi connectivity index (χ1v) is 9.45. The summed E-state index contributed by atoms with van der Waals surface area (Å²) in [5.74, 6) is 0.506. The second-order valence-electron chi connectivity index (χ2n) is 5.77. The van der Waals surface area contributed by atoms with Crippen LogP contribution in [0.1, 0.15) is 23.2 Å². The van der Waals surface area contributed by atoms with Crippen molar-refractivity contribution in [3.05, 3.63) is 64.6 Å². The number of benzene rings is 1. The van der Waals surface area contributed by atoms with E-state index in [2.05, 4.69) is 25.6 Å². The Morgan fingerprint density at radius 2 is 2.03 bits per heavy atom. The molecule has 11 heteroatoms. The summed E-state index contributed by atoms with van der Waals surface area (Å²) in [7, 11) is 0. The number of hydrogen-bond donors (Lipinski definition) is 2. The summed E-state index contributed by atoms with van der Waals surface area (Å²) >= 11 is 0.965. The molecule has 3 rings (SSSR count). The fourth-order valence-corrected chi connectivity index (χ4v) is 3.23. The lowest BCUT2D eigenvalue weighted by atomic mass is 10.2. The first-order valence-electron chi connectivity index (χ1n) is 8.57. The molecule has 2 aromatic heterocycles. The molecule has 2 N–H and O–H groups in total. The summed E-state index contributed by atoms with van der Waals surface area (Å²) in [5, 5.41) is 7.48. The van der Waals surface area contributed by atoms with Crippen LogP contribution in [0.2, 0.25) is 0 Å². The Bertz CT molecular complexity index is 924. The van der Waals surface area contributed by atoms with Gasteiger partial charge >= 0.3 is 6.18 Å². The molecule has 2 heterocycles. The Morgan fingerprint density at radius 3 is 2.69 bits per heavy atom. The van der Waals surface area contributed by atoms with Crippen molar-refractivity contribution in [1.29, 1.82) is 0 Å². The number of halogens is 4. The molecule has 0 saturated carbocycles. The van der Waals surface area contributed by atoms with E-state index in [0.717, 1.165) is 28.0 Å². The maximum atomic E-state index is 12.7. The Balaban J connectivity index is 0.00000300. The van der Waals surface area contributed by atoms with E-state index in [1.807, 2.05) is 42.0 Å². The van der Waals surface area contributed by atoms with E-state index in [1.165, 1.54) is 0 Å². The Morgan fingerprint density at radius 1 is 1.24 bits per heavy atom. The topological polar surface area (TPSA) is 67.1 Å². The van der Waals surface area contributed by atoms with Crippen molar-refractivity contribution >= 4 is 41.3 Å². The molecular formula is C18H20F3IN6S. The number of rotatable bonds is 6.